The van der Waals surface area contributed by atoms with E-state index in [-0.39, 0.29) is 30.4 Å². The van der Waals surface area contributed by atoms with Crippen molar-refractivity contribution in [3.05, 3.63) is 53.9 Å². The van der Waals surface area contributed by atoms with E-state index in [9.17, 15) is 14.4 Å². The van der Waals surface area contributed by atoms with Gasteiger partial charge in [0.2, 0.25) is 5.91 Å². The second-order valence-electron chi connectivity index (χ2n) is 7.14. The Kier molecular flexibility index (Phi) is 5.50. The van der Waals surface area contributed by atoms with Crippen molar-refractivity contribution >= 4 is 17.7 Å². The van der Waals surface area contributed by atoms with E-state index in [4.69, 9.17) is 4.74 Å². The van der Waals surface area contributed by atoms with Gasteiger partial charge in [0.25, 0.3) is 11.8 Å². The van der Waals surface area contributed by atoms with Crippen LogP contribution in [-0.4, -0.2) is 63.2 Å². The number of carbonyl (C=O) groups excluding carboxylic acids is 3. The Labute approximate surface area is 168 Å². The van der Waals surface area contributed by atoms with E-state index in [1.807, 2.05) is 4.90 Å². The highest BCUT2D eigenvalue weighted by Gasteiger charge is 2.34. The molecule has 0 unspecified atom stereocenters. The number of likely N-dealkylation sites (tertiary alicyclic amines) is 1. The number of ether oxygens (including phenoxy) is 1. The van der Waals surface area contributed by atoms with Crippen LogP contribution >= 0.6 is 0 Å². The summed E-state index contributed by atoms with van der Waals surface area (Å²) in [5.74, 6) is -0.519. The fraction of sp³-hybridized carbons (Fsp3) is 0.381. The van der Waals surface area contributed by atoms with E-state index in [1.54, 1.807) is 42.7 Å². The lowest BCUT2D eigenvalue weighted by molar-refractivity contribution is -0.133. The normalized spacial score (nSPS) is 16.8. The number of aromatic nitrogens is 2. The lowest BCUT2D eigenvalue weighted by Crippen LogP contribution is -2.42. The Bertz CT molecular complexity index is 875. The smallest absolute Gasteiger partial charge is 0.316 e. The van der Waals surface area contributed by atoms with E-state index in [0.29, 0.717) is 43.1 Å². The number of piperidine rings is 1. The quantitative estimate of drug-likeness (QED) is 0.695. The van der Waals surface area contributed by atoms with Gasteiger partial charge in [-0.2, -0.15) is 0 Å². The van der Waals surface area contributed by atoms with Crippen LogP contribution in [0, 0.1) is 0 Å². The standard InChI is InChI=1S/C21H22N4O4/c26-18(24-13-8-15(9-14-24)29-21-22-10-4-11-23-21)7-3-12-25-19(27)16-5-1-2-6-17(16)20(25)28/h1-2,4-6,10-11,15H,3,7-9,12-14H2. The van der Waals surface area contributed by atoms with Gasteiger partial charge in [0.15, 0.2) is 0 Å². The fourth-order valence-electron chi connectivity index (χ4n) is 3.71. The van der Waals surface area contributed by atoms with Crippen molar-refractivity contribution < 1.29 is 19.1 Å². The minimum Gasteiger partial charge on any atom is -0.460 e. The van der Waals surface area contributed by atoms with Gasteiger partial charge >= 0.3 is 6.01 Å². The van der Waals surface area contributed by atoms with Crippen molar-refractivity contribution in [1.82, 2.24) is 19.8 Å². The Hall–Kier alpha value is -3.29. The number of hydrogen-bond donors (Lipinski definition) is 0. The number of imide groups is 1. The SMILES string of the molecule is O=C(CCCN1C(=O)c2ccccc2C1=O)N1CCC(Oc2ncccn2)CC1. The predicted molar refractivity (Wildman–Crippen MR) is 103 cm³/mol. The highest BCUT2D eigenvalue weighted by molar-refractivity contribution is 6.21. The summed E-state index contributed by atoms with van der Waals surface area (Å²) in [6.07, 6.45) is 5.48. The summed E-state index contributed by atoms with van der Waals surface area (Å²) in [7, 11) is 0. The number of hydrogen-bond acceptors (Lipinski definition) is 6. The van der Waals surface area contributed by atoms with Crippen molar-refractivity contribution in [2.45, 2.75) is 31.8 Å². The Balaban J connectivity index is 1.21. The van der Waals surface area contributed by atoms with Crippen LogP contribution in [0.5, 0.6) is 6.01 Å². The molecule has 150 valence electrons. The van der Waals surface area contributed by atoms with Gasteiger partial charge < -0.3 is 9.64 Å². The van der Waals surface area contributed by atoms with Crippen molar-refractivity contribution in [3.8, 4) is 6.01 Å². The molecule has 0 spiro atoms. The summed E-state index contributed by atoms with van der Waals surface area (Å²) >= 11 is 0. The zero-order valence-corrected chi connectivity index (χ0v) is 16.0. The van der Waals surface area contributed by atoms with Gasteiger partial charge in [-0.1, -0.05) is 12.1 Å². The number of benzene rings is 1. The maximum Gasteiger partial charge on any atom is 0.316 e. The molecule has 2 aliphatic rings. The van der Waals surface area contributed by atoms with Crippen LogP contribution in [0.25, 0.3) is 0 Å². The molecule has 3 amide bonds. The molecule has 29 heavy (non-hydrogen) atoms. The third-order valence-electron chi connectivity index (χ3n) is 5.26. The molecule has 0 radical (unpaired) electrons. The number of nitrogens with zero attached hydrogens (tertiary/aromatic N) is 4. The number of amides is 3. The molecule has 0 N–H and O–H groups in total. The summed E-state index contributed by atoms with van der Waals surface area (Å²) in [5.41, 5.74) is 0.876. The zero-order valence-electron chi connectivity index (χ0n) is 16.0. The van der Waals surface area contributed by atoms with Gasteiger partial charge in [0, 0.05) is 51.3 Å². The molecular formula is C21H22N4O4. The Morgan fingerprint density at radius 3 is 2.24 bits per heavy atom. The first kappa shape index (κ1) is 19.0. The molecule has 1 aromatic heterocycles. The van der Waals surface area contributed by atoms with Gasteiger partial charge in [-0.3, -0.25) is 19.3 Å². The third kappa shape index (κ3) is 4.11. The maximum absolute atomic E-state index is 12.5. The van der Waals surface area contributed by atoms with Crippen LogP contribution in [0.2, 0.25) is 0 Å². The van der Waals surface area contributed by atoms with Gasteiger partial charge in [-0.05, 0) is 24.6 Å². The van der Waals surface area contributed by atoms with Gasteiger partial charge in [-0.15, -0.1) is 0 Å². The first-order chi connectivity index (χ1) is 14.1. The molecule has 8 nitrogen and oxygen atoms in total. The lowest BCUT2D eigenvalue weighted by Gasteiger charge is -2.31. The van der Waals surface area contributed by atoms with Gasteiger partial charge in [-0.25, -0.2) is 9.97 Å². The van der Waals surface area contributed by atoms with Crippen molar-refractivity contribution in [3.63, 3.8) is 0 Å². The highest BCUT2D eigenvalue weighted by Crippen LogP contribution is 2.23. The molecule has 1 fully saturated rings. The molecule has 1 saturated heterocycles. The van der Waals surface area contributed by atoms with E-state index in [0.717, 1.165) is 12.8 Å². The van der Waals surface area contributed by atoms with Crippen molar-refractivity contribution in [2.24, 2.45) is 0 Å². The molecule has 2 aliphatic heterocycles. The lowest BCUT2D eigenvalue weighted by atomic mass is 10.1. The van der Waals surface area contributed by atoms with Crippen LogP contribution in [0.15, 0.2) is 42.7 Å². The number of carbonyl (C=O) groups is 3. The molecule has 2 aromatic rings. The highest BCUT2D eigenvalue weighted by atomic mass is 16.5. The van der Waals surface area contributed by atoms with Crippen molar-refractivity contribution in [2.75, 3.05) is 19.6 Å². The summed E-state index contributed by atoms with van der Waals surface area (Å²) in [6, 6.07) is 8.90. The molecule has 4 rings (SSSR count). The minimum atomic E-state index is -0.279. The molecule has 0 saturated carbocycles. The monoisotopic (exact) mass is 394 g/mol. The Morgan fingerprint density at radius 1 is 1.00 bits per heavy atom. The molecule has 3 heterocycles. The molecular weight excluding hydrogens is 372 g/mol. The zero-order chi connectivity index (χ0) is 20.2. The number of fused-ring (bicyclic) bond motifs is 1. The third-order valence-corrected chi connectivity index (χ3v) is 5.26. The van der Waals surface area contributed by atoms with E-state index >= 15 is 0 Å². The van der Waals surface area contributed by atoms with E-state index < -0.39 is 0 Å². The van der Waals surface area contributed by atoms with E-state index in [2.05, 4.69) is 9.97 Å². The summed E-state index contributed by atoms with van der Waals surface area (Å²) in [5, 5.41) is 0. The summed E-state index contributed by atoms with van der Waals surface area (Å²) < 4.78 is 5.74. The maximum atomic E-state index is 12.5. The van der Waals surface area contributed by atoms with Crippen molar-refractivity contribution in [1.29, 1.82) is 0 Å². The first-order valence-corrected chi connectivity index (χ1v) is 9.80. The predicted octanol–water partition coefficient (Wildman–Crippen LogP) is 1.92. The molecule has 1 aromatic carbocycles. The van der Waals surface area contributed by atoms with Crippen LogP contribution in [0.3, 0.4) is 0 Å². The van der Waals surface area contributed by atoms with E-state index in [1.165, 1.54) is 4.90 Å². The minimum absolute atomic E-state index is 0.000188. The van der Waals surface area contributed by atoms with Gasteiger partial charge in [0.05, 0.1) is 11.1 Å². The number of rotatable bonds is 6. The molecule has 0 bridgehead atoms. The summed E-state index contributed by atoms with van der Waals surface area (Å²) in [4.78, 5) is 48.4. The molecule has 8 heteroatoms. The largest absolute Gasteiger partial charge is 0.460 e. The second-order valence-corrected chi connectivity index (χ2v) is 7.14. The molecule has 0 aliphatic carbocycles. The average Bonchev–Trinajstić information content (AvgIpc) is 3.00. The van der Waals surface area contributed by atoms with Crippen LogP contribution in [0.1, 0.15) is 46.4 Å². The van der Waals surface area contributed by atoms with Crippen LogP contribution in [-0.2, 0) is 4.79 Å². The van der Waals surface area contributed by atoms with Crippen LogP contribution in [0.4, 0.5) is 0 Å². The first-order valence-electron chi connectivity index (χ1n) is 9.80. The summed E-state index contributed by atoms with van der Waals surface area (Å²) in [6.45, 7) is 1.48. The second kappa shape index (κ2) is 8.38. The topological polar surface area (TPSA) is 92.7 Å². The fourth-order valence-corrected chi connectivity index (χ4v) is 3.71. The van der Waals surface area contributed by atoms with Crippen LogP contribution < -0.4 is 4.74 Å². The average molecular weight is 394 g/mol. The Morgan fingerprint density at radius 2 is 1.62 bits per heavy atom. The molecule has 0 atom stereocenters. The van der Waals surface area contributed by atoms with Gasteiger partial charge in [0.1, 0.15) is 6.10 Å².